The minimum absolute atomic E-state index is 0.000173. The standard InChI is InChI=1S/C29H22F4N4O2/c1-17(18-7-8-27(36-16-18)29(31,32)33)11-25(38)20-12-19(13-21(14-20)28-22(30)5-4-10-35-28)24-15-26(39-37-24)23-6-2-3-9-34-23/h2-10,12-14,16-17,26H,11,15H2,1H3/t17-,26?/m0/s1. The number of nitrogens with zero attached hydrogens (tertiary/aromatic N) is 4. The fourth-order valence-electron chi connectivity index (χ4n) is 4.34. The van der Waals surface area contributed by atoms with E-state index in [0.717, 1.165) is 12.3 Å². The van der Waals surface area contributed by atoms with Gasteiger partial charge in [-0.2, -0.15) is 13.2 Å². The van der Waals surface area contributed by atoms with Gasteiger partial charge in [0.2, 0.25) is 0 Å². The number of benzene rings is 1. The molecule has 0 spiro atoms. The molecule has 39 heavy (non-hydrogen) atoms. The Kier molecular flexibility index (Phi) is 7.19. The van der Waals surface area contributed by atoms with Crippen molar-refractivity contribution in [2.24, 2.45) is 5.16 Å². The Labute approximate surface area is 221 Å². The van der Waals surface area contributed by atoms with Crippen molar-refractivity contribution >= 4 is 11.5 Å². The summed E-state index contributed by atoms with van der Waals surface area (Å²) in [4.78, 5) is 30.9. The molecule has 0 radical (unpaired) electrons. The normalized spacial score (nSPS) is 15.9. The summed E-state index contributed by atoms with van der Waals surface area (Å²) >= 11 is 0. The second kappa shape index (κ2) is 10.7. The number of Topliss-reactive ketones (excluding diaryl/α,β-unsaturated/α-hetero) is 1. The third kappa shape index (κ3) is 5.84. The third-order valence-electron chi connectivity index (χ3n) is 6.44. The number of pyridine rings is 3. The van der Waals surface area contributed by atoms with E-state index in [1.54, 1.807) is 37.4 Å². The zero-order chi connectivity index (χ0) is 27.6. The zero-order valence-electron chi connectivity index (χ0n) is 20.7. The number of aromatic nitrogens is 3. The molecule has 0 fully saturated rings. The maximum absolute atomic E-state index is 14.7. The van der Waals surface area contributed by atoms with Gasteiger partial charge in [0, 0.05) is 48.1 Å². The molecule has 4 heterocycles. The summed E-state index contributed by atoms with van der Waals surface area (Å²) in [5.41, 5.74) is 2.11. The fourth-order valence-corrected chi connectivity index (χ4v) is 4.34. The van der Waals surface area contributed by atoms with E-state index in [0.29, 0.717) is 40.1 Å². The number of carbonyl (C=O) groups is 1. The van der Waals surface area contributed by atoms with Crippen LogP contribution in [0.1, 0.15) is 64.7 Å². The van der Waals surface area contributed by atoms with Crippen LogP contribution in [0, 0.1) is 5.82 Å². The molecule has 5 rings (SSSR count). The van der Waals surface area contributed by atoms with Crippen molar-refractivity contribution in [2.45, 2.75) is 38.0 Å². The average molecular weight is 535 g/mol. The number of rotatable bonds is 7. The molecule has 198 valence electrons. The minimum Gasteiger partial charge on any atom is -0.385 e. The van der Waals surface area contributed by atoms with Crippen LogP contribution < -0.4 is 0 Å². The maximum atomic E-state index is 14.7. The van der Waals surface area contributed by atoms with Gasteiger partial charge in [-0.3, -0.25) is 19.7 Å². The molecule has 1 unspecified atom stereocenters. The topological polar surface area (TPSA) is 77.3 Å². The van der Waals surface area contributed by atoms with Gasteiger partial charge in [0.15, 0.2) is 11.9 Å². The molecule has 6 nitrogen and oxygen atoms in total. The first-order valence-electron chi connectivity index (χ1n) is 12.2. The lowest BCUT2D eigenvalue weighted by Crippen LogP contribution is -2.10. The molecule has 1 aliphatic rings. The summed E-state index contributed by atoms with van der Waals surface area (Å²) in [6, 6.07) is 15.4. The van der Waals surface area contributed by atoms with Crippen molar-refractivity contribution in [2.75, 3.05) is 0 Å². The maximum Gasteiger partial charge on any atom is 0.433 e. The van der Waals surface area contributed by atoms with Gasteiger partial charge in [0.25, 0.3) is 0 Å². The molecular weight excluding hydrogens is 512 g/mol. The summed E-state index contributed by atoms with van der Waals surface area (Å²) in [5, 5.41) is 4.21. The molecule has 10 heteroatoms. The van der Waals surface area contributed by atoms with Crippen LogP contribution in [0.3, 0.4) is 0 Å². The van der Waals surface area contributed by atoms with Crippen molar-refractivity contribution in [3.63, 3.8) is 0 Å². The first-order valence-corrected chi connectivity index (χ1v) is 12.2. The summed E-state index contributed by atoms with van der Waals surface area (Å²) in [6.07, 6.45) is -0.300. The second-order valence-corrected chi connectivity index (χ2v) is 9.23. The molecule has 0 N–H and O–H groups in total. The lowest BCUT2D eigenvalue weighted by molar-refractivity contribution is -0.141. The number of hydrogen-bond acceptors (Lipinski definition) is 6. The number of oxime groups is 1. The van der Waals surface area contributed by atoms with Gasteiger partial charge in [0.1, 0.15) is 17.2 Å². The Bertz CT molecular complexity index is 1520. The molecule has 1 aliphatic heterocycles. The molecule has 1 aromatic carbocycles. The van der Waals surface area contributed by atoms with E-state index in [4.69, 9.17) is 4.84 Å². The first-order chi connectivity index (χ1) is 18.7. The van der Waals surface area contributed by atoms with E-state index in [-0.39, 0.29) is 17.9 Å². The van der Waals surface area contributed by atoms with Gasteiger partial charge in [-0.15, -0.1) is 0 Å². The highest BCUT2D eigenvalue weighted by atomic mass is 19.4. The van der Waals surface area contributed by atoms with E-state index in [2.05, 4.69) is 20.1 Å². The van der Waals surface area contributed by atoms with Crippen molar-refractivity contribution in [1.29, 1.82) is 0 Å². The molecule has 0 bridgehead atoms. The zero-order valence-corrected chi connectivity index (χ0v) is 20.7. The van der Waals surface area contributed by atoms with Crippen molar-refractivity contribution in [3.8, 4) is 11.3 Å². The number of hydrogen-bond donors (Lipinski definition) is 0. The summed E-state index contributed by atoms with van der Waals surface area (Å²) < 4.78 is 53.3. The van der Waals surface area contributed by atoms with Gasteiger partial charge in [-0.1, -0.05) is 24.2 Å². The van der Waals surface area contributed by atoms with Crippen molar-refractivity contribution < 1.29 is 27.2 Å². The highest BCUT2D eigenvalue weighted by Gasteiger charge is 2.32. The highest BCUT2D eigenvalue weighted by Crippen LogP contribution is 2.32. The first kappa shape index (κ1) is 26.1. The van der Waals surface area contributed by atoms with Crippen molar-refractivity contribution in [1.82, 2.24) is 15.0 Å². The second-order valence-electron chi connectivity index (χ2n) is 9.23. The Balaban J connectivity index is 1.43. The van der Waals surface area contributed by atoms with Crippen LogP contribution in [0.4, 0.5) is 17.6 Å². The smallest absolute Gasteiger partial charge is 0.385 e. The Morgan fingerprint density at radius 2 is 1.79 bits per heavy atom. The van der Waals surface area contributed by atoms with Crippen LogP contribution in [-0.4, -0.2) is 26.4 Å². The Hall–Kier alpha value is -4.47. The molecular formula is C29H22F4N4O2. The molecule has 0 amide bonds. The van der Waals surface area contributed by atoms with Crippen LogP contribution in [0.2, 0.25) is 0 Å². The predicted octanol–water partition coefficient (Wildman–Crippen LogP) is 6.94. The molecule has 2 atom stereocenters. The number of ketones is 1. The highest BCUT2D eigenvalue weighted by molar-refractivity contribution is 6.05. The monoisotopic (exact) mass is 534 g/mol. The van der Waals surface area contributed by atoms with Gasteiger partial charge in [-0.25, -0.2) is 4.39 Å². The van der Waals surface area contributed by atoms with E-state index >= 15 is 0 Å². The van der Waals surface area contributed by atoms with Gasteiger partial charge in [-0.05, 0) is 60.0 Å². The lowest BCUT2D eigenvalue weighted by Gasteiger charge is -2.14. The Morgan fingerprint density at radius 1 is 1.00 bits per heavy atom. The van der Waals surface area contributed by atoms with Gasteiger partial charge in [0.05, 0.1) is 11.4 Å². The predicted molar refractivity (Wildman–Crippen MR) is 135 cm³/mol. The van der Waals surface area contributed by atoms with Crippen LogP contribution in [0.5, 0.6) is 0 Å². The largest absolute Gasteiger partial charge is 0.433 e. The van der Waals surface area contributed by atoms with Crippen LogP contribution in [0.25, 0.3) is 11.3 Å². The average Bonchev–Trinajstić information content (AvgIpc) is 3.44. The third-order valence-corrected chi connectivity index (χ3v) is 6.44. The summed E-state index contributed by atoms with van der Waals surface area (Å²) in [7, 11) is 0. The fraction of sp³-hybridized carbons (Fsp3) is 0.207. The molecule has 0 saturated carbocycles. The minimum atomic E-state index is -4.54. The van der Waals surface area contributed by atoms with Crippen molar-refractivity contribution in [3.05, 3.63) is 113 Å². The Morgan fingerprint density at radius 3 is 2.49 bits per heavy atom. The number of halogens is 4. The molecule has 4 aromatic rings. The summed E-state index contributed by atoms with van der Waals surface area (Å²) in [5.74, 6) is -1.23. The SMILES string of the molecule is C[C@@H](CC(=O)c1cc(C2=NOC(c3ccccn3)C2)cc(-c2ncccc2F)c1)c1ccc(C(F)(F)F)nc1. The van der Waals surface area contributed by atoms with E-state index in [9.17, 15) is 22.4 Å². The van der Waals surface area contributed by atoms with E-state index in [1.807, 2.05) is 12.1 Å². The van der Waals surface area contributed by atoms with Crippen LogP contribution in [0.15, 0.2) is 84.4 Å². The van der Waals surface area contributed by atoms with Gasteiger partial charge >= 0.3 is 6.18 Å². The summed E-state index contributed by atoms with van der Waals surface area (Å²) in [6.45, 7) is 1.73. The van der Waals surface area contributed by atoms with E-state index < -0.39 is 29.7 Å². The number of alkyl halides is 3. The molecule has 0 aliphatic carbocycles. The number of carbonyl (C=O) groups excluding carboxylic acids is 1. The van der Waals surface area contributed by atoms with E-state index in [1.165, 1.54) is 24.4 Å². The van der Waals surface area contributed by atoms with Gasteiger partial charge < -0.3 is 4.84 Å². The van der Waals surface area contributed by atoms with Crippen LogP contribution in [-0.2, 0) is 11.0 Å². The molecule has 0 saturated heterocycles. The van der Waals surface area contributed by atoms with Crippen LogP contribution >= 0.6 is 0 Å². The lowest BCUT2D eigenvalue weighted by atomic mass is 9.91. The molecule has 3 aromatic heterocycles. The quantitative estimate of drug-likeness (QED) is 0.190.